The standard InChI is InChI=1S/C27H29NO8/c1-31-19-9-7-15(11-21(19)33-3)25-17-13-23(35-5)24(36-6)14-18(17)26(27(25)28(29)30)16-8-10-20(32-2)22(12-16)34-4/h7-14,25-27H,1-6H3/t25-,26+,27?. The molecule has 0 aliphatic heterocycles. The molecule has 0 saturated carbocycles. The molecule has 3 aromatic rings. The highest BCUT2D eigenvalue weighted by Crippen LogP contribution is 2.53. The third-order valence-corrected chi connectivity index (χ3v) is 6.72. The Balaban J connectivity index is 1.99. The molecule has 1 unspecified atom stereocenters. The zero-order chi connectivity index (χ0) is 26.0. The molecule has 0 amide bonds. The molecule has 3 atom stereocenters. The normalized spacial score (nSPS) is 18.2. The van der Waals surface area contributed by atoms with Crippen LogP contribution in [0.2, 0.25) is 0 Å². The van der Waals surface area contributed by atoms with E-state index in [-0.39, 0.29) is 4.92 Å². The van der Waals surface area contributed by atoms with Crippen LogP contribution in [0.5, 0.6) is 34.5 Å². The van der Waals surface area contributed by atoms with Crippen LogP contribution in [-0.4, -0.2) is 53.6 Å². The molecule has 1 aliphatic rings. The van der Waals surface area contributed by atoms with E-state index in [1.165, 1.54) is 14.2 Å². The number of nitro groups is 1. The van der Waals surface area contributed by atoms with E-state index in [9.17, 15) is 10.1 Å². The van der Waals surface area contributed by atoms with Gasteiger partial charge in [0.25, 0.3) is 0 Å². The molecule has 0 fully saturated rings. The summed E-state index contributed by atoms with van der Waals surface area (Å²) >= 11 is 0. The van der Waals surface area contributed by atoms with Gasteiger partial charge >= 0.3 is 0 Å². The topological polar surface area (TPSA) is 98.5 Å². The van der Waals surface area contributed by atoms with E-state index in [0.717, 1.165) is 22.3 Å². The minimum atomic E-state index is -1.02. The summed E-state index contributed by atoms with van der Waals surface area (Å²) in [6.07, 6.45) is 0. The van der Waals surface area contributed by atoms with Crippen molar-refractivity contribution < 1.29 is 33.3 Å². The Bertz CT molecular complexity index is 1180. The van der Waals surface area contributed by atoms with Gasteiger partial charge in [-0.15, -0.1) is 0 Å². The van der Waals surface area contributed by atoms with Gasteiger partial charge in [-0.1, -0.05) is 12.1 Å². The van der Waals surface area contributed by atoms with Gasteiger partial charge in [-0.2, -0.15) is 0 Å². The first-order valence-electron chi connectivity index (χ1n) is 11.2. The van der Waals surface area contributed by atoms with Crippen molar-refractivity contribution in [2.45, 2.75) is 17.9 Å². The van der Waals surface area contributed by atoms with Crippen LogP contribution in [0.3, 0.4) is 0 Å². The summed E-state index contributed by atoms with van der Waals surface area (Å²) in [6.45, 7) is 0. The second-order valence-corrected chi connectivity index (χ2v) is 8.30. The Labute approximate surface area is 209 Å². The molecular weight excluding hydrogens is 466 g/mol. The maximum Gasteiger partial charge on any atom is 0.234 e. The summed E-state index contributed by atoms with van der Waals surface area (Å²) < 4.78 is 32.9. The van der Waals surface area contributed by atoms with Crippen molar-refractivity contribution in [1.29, 1.82) is 0 Å². The first kappa shape index (κ1) is 25.0. The molecule has 1 aliphatic carbocycles. The molecule has 4 rings (SSSR count). The minimum absolute atomic E-state index is 0.221. The van der Waals surface area contributed by atoms with Gasteiger partial charge in [0, 0.05) is 4.92 Å². The lowest BCUT2D eigenvalue weighted by Crippen LogP contribution is -2.29. The van der Waals surface area contributed by atoms with Crippen LogP contribution in [0.15, 0.2) is 48.5 Å². The van der Waals surface area contributed by atoms with E-state index in [2.05, 4.69) is 0 Å². The van der Waals surface area contributed by atoms with Crippen molar-refractivity contribution in [3.63, 3.8) is 0 Å². The quantitative estimate of drug-likeness (QED) is 0.312. The number of ether oxygens (including phenoxy) is 6. The van der Waals surface area contributed by atoms with Gasteiger partial charge in [-0.05, 0) is 58.7 Å². The van der Waals surface area contributed by atoms with Crippen molar-refractivity contribution in [3.05, 3.63) is 80.9 Å². The first-order chi connectivity index (χ1) is 17.4. The number of benzene rings is 3. The lowest BCUT2D eigenvalue weighted by molar-refractivity contribution is -0.525. The van der Waals surface area contributed by atoms with E-state index in [1.807, 2.05) is 24.3 Å². The number of fused-ring (bicyclic) bond motifs is 1. The van der Waals surface area contributed by atoms with Gasteiger partial charge in [-0.3, -0.25) is 10.1 Å². The lowest BCUT2D eigenvalue weighted by atomic mass is 9.85. The summed E-state index contributed by atoms with van der Waals surface area (Å²) in [6, 6.07) is 13.4. The molecule has 0 bridgehead atoms. The van der Waals surface area contributed by atoms with Crippen LogP contribution in [0.1, 0.15) is 34.1 Å². The average molecular weight is 496 g/mol. The molecular formula is C27H29NO8. The van der Waals surface area contributed by atoms with E-state index < -0.39 is 17.9 Å². The predicted molar refractivity (Wildman–Crippen MR) is 133 cm³/mol. The van der Waals surface area contributed by atoms with Gasteiger partial charge in [-0.25, -0.2) is 0 Å². The van der Waals surface area contributed by atoms with Gasteiger partial charge in [0.1, 0.15) is 0 Å². The van der Waals surface area contributed by atoms with E-state index in [4.69, 9.17) is 28.4 Å². The molecule has 0 spiro atoms. The van der Waals surface area contributed by atoms with Gasteiger partial charge in [0.05, 0.1) is 54.5 Å². The second kappa shape index (κ2) is 10.2. The van der Waals surface area contributed by atoms with E-state index in [0.29, 0.717) is 34.5 Å². The Morgan fingerprint density at radius 1 is 0.556 bits per heavy atom. The minimum Gasteiger partial charge on any atom is -0.493 e. The smallest absolute Gasteiger partial charge is 0.234 e. The number of hydrogen-bond acceptors (Lipinski definition) is 8. The summed E-state index contributed by atoms with van der Waals surface area (Å²) in [5.74, 6) is 1.89. The summed E-state index contributed by atoms with van der Waals surface area (Å²) in [5.41, 5.74) is 3.01. The maximum absolute atomic E-state index is 12.7. The van der Waals surface area contributed by atoms with Gasteiger partial charge in [0.15, 0.2) is 34.5 Å². The zero-order valence-electron chi connectivity index (χ0n) is 21.1. The molecule has 9 nitrogen and oxygen atoms in total. The van der Waals surface area contributed by atoms with Crippen LogP contribution >= 0.6 is 0 Å². The van der Waals surface area contributed by atoms with Crippen molar-refractivity contribution >= 4 is 0 Å². The van der Waals surface area contributed by atoms with Crippen LogP contribution in [0.4, 0.5) is 0 Å². The van der Waals surface area contributed by atoms with Crippen LogP contribution in [-0.2, 0) is 0 Å². The zero-order valence-corrected chi connectivity index (χ0v) is 21.1. The highest BCUT2D eigenvalue weighted by Gasteiger charge is 2.51. The molecule has 3 aromatic carbocycles. The number of rotatable bonds is 9. The molecule has 9 heteroatoms. The van der Waals surface area contributed by atoms with Crippen molar-refractivity contribution in [2.24, 2.45) is 0 Å². The number of nitrogens with zero attached hydrogens (tertiary/aromatic N) is 1. The third-order valence-electron chi connectivity index (χ3n) is 6.72. The summed E-state index contributed by atoms with van der Waals surface area (Å²) in [4.78, 5) is 12.5. The van der Waals surface area contributed by atoms with E-state index >= 15 is 0 Å². The molecule has 0 aromatic heterocycles. The fourth-order valence-corrected chi connectivity index (χ4v) is 5.10. The highest BCUT2D eigenvalue weighted by atomic mass is 16.6. The van der Waals surface area contributed by atoms with Crippen LogP contribution < -0.4 is 28.4 Å². The molecule has 0 radical (unpaired) electrons. The largest absolute Gasteiger partial charge is 0.493 e. The van der Waals surface area contributed by atoms with Crippen molar-refractivity contribution in [1.82, 2.24) is 0 Å². The predicted octanol–water partition coefficient (Wildman–Crippen LogP) is 4.66. The number of methoxy groups -OCH3 is 6. The van der Waals surface area contributed by atoms with Crippen LogP contribution in [0.25, 0.3) is 0 Å². The lowest BCUT2D eigenvalue weighted by Gasteiger charge is -2.21. The second-order valence-electron chi connectivity index (χ2n) is 8.30. The first-order valence-corrected chi connectivity index (χ1v) is 11.2. The van der Waals surface area contributed by atoms with Crippen molar-refractivity contribution in [3.8, 4) is 34.5 Å². The van der Waals surface area contributed by atoms with E-state index in [1.54, 1.807) is 52.7 Å². The Kier molecular flexibility index (Phi) is 7.10. The SMILES string of the molecule is COc1ccc([C@@H]2c3cc(OC)c(OC)cc3[C@H](c3ccc(OC)c(OC)c3)C2[N+](=O)[O-])cc1OC. The van der Waals surface area contributed by atoms with Crippen molar-refractivity contribution in [2.75, 3.05) is 42.7 Å². The number of hydrogen-bond donors (Lipinski definition) is 0. The average Bonchev–Trinajstić information content (AvgIpc) is 3.25. The fraction of sp³-hybridized carbons (Fsp3) is 0.333. The summed E-state index contributed by atoms with van der Waals surface area (Å²) in [7, 11) is 9.26. The van der Waals surface area contributed by atoms with Gasteiger partial charge < -0.3 is 28.4 Å². The Morgan fingerprint density at radius 2 is 0.889 bits per heavy atom. The van der Waals surface area contributed by atoms with Gasteiger partial charge in [0.2, 0.25) is 6.04 Å². The van der Waals surface area contributed by atoms with Crippen LogP contribution in [0, 0.1) is 10.1 Å². The molecule has 0 N–H and O–H groups in total. The molecule has 36 heavy (non-hydrogen) atoms. The molecule has 0 saturated heterocycles. The highest BCUT2D eigenvalue weighted by molar-refractivity contribution is 5.60. The Hall–Kier alpha value is -4.14. The molecule has 0 heterocycles. The Morgan fingerprint density at radius 3 is 1.19 bits per heavy atom. The fourth-order valence-electron chi connectivity index (χ4n) is 5.10. The third kappa shape index (κ3) is 4.10. The maximum atomic E-state index is 12.7. The monoisotopic (exact) mass is 495 g/mol. The molecule has 190 valence electrons. The summed E-state index contributed by atoms with van der Waals surface area (Å²) in [5, 5.41) is 12.7.